The van der Waals surface area contributed by atoms with Gasteiger partial charge in [-0.1, -0.05) is 60.7 Å². The van der Waals surface area contributed by atoms with Gasteiger partial charge in [-0.3, -0.25) is 0 Å². The summed E-state index contributed by atoms with van der Waals surface area (Å²) in [5, 5.41) is 2.52. The molecular weight excluding hydrogens is 258 g/mol. The molecule has 3 aromatic carbocycles. The van der Waals surface area contributed by atoms with Crippen molar-refractivity contribution in [3.63, 3.8) is 0 Å². The minimum absolute atomic E-state index is 0.0194. The van der Waals surface area contributed by atoms with E-state index >= 15 is 0 Å². The molecule has 0 aliphatic carbocycles. The Balaban J connectivity index is 1.82. The fourth-order valence-electron chi connectivity index (χ4n) is 3.23. The molecule has 3 N–H and O–H groups in total. The molecule has 21 heavy (non-hydrogen) atoms. The Kier molecular flexibility index (Phi) is 2.90. The van der Waals surface area contributed by atoms with Crippen LogP contribution >= 0.6 is 0 Å². The number of hydrogen-bond acceptors (Lipinski definition) is 1. The van der Waals surface area contributed by atoms with Crippen LogP contribution in [0, 0.1) is 0 Å². The molecule has 1 heterocycles. The minimum Gasteiger partial charge on any atom is -0.479 e. The standard InChI is InChI=1S/C19H17NO/c20-17-12-14-7-2-4-11-18(14)21-19(17)16-10-5-8-13-6-1-3-9-15(13)16/h1-11,17,19H,12,20H2/p+1/t17-,19-/m0/s1. The van der Waals surface area contributed by atoms with E-state index < -0.39 is 0 Å². The first-order chi connectivity index (χ1) is 10.3. The van der Waals surface area contributed by atoms with Crippen LogP contribution in [0.15, 0.2) is 66.7 Å². The van der Waals surface area contributed by atoms with Gasteiger partial charge in [0.2, 0.25) is 0 Å². The van der Waals surface area contributed by atoms with Crippen LogP contribution in [0.3, 0.4) is 0 Å². The average Bonchev–Trinajstić information content (AvgIpc) is 2.54. The van der Waals surface area contributed by atoms with Gasteiger partial charge in [0, 0.05) is 17.5 Å². The van der Waals surface area contributed by atoms with Crippen molar-refractivity contribution in [1.29, 1.82) is 0 Å². The second-order valence-corrected chi connectivity index (χ2v) is 5.68. The zero-order valence-corrected chi connectivity index (χ0v) is 11.8. The summed E-state index contributed by atoms with van der Waals surface area (Å²) >= 11 is 0. The summed E-state index contributed by atoms with van der Waals surface area (Å²) in [5.41, 5.74) is 6.83. The van der Waals surface area contributed by atoms with Crippen molar-refractivity contribution in [2.24, 2.45) is 0 Å². The number of fused-ring (bicyclic) bond motifs is 2. The number of para-hydroxylation sites is 1. The third-order valence-corrected chi connectivity index (χ3v) is 4.27. The molecule has 104 valence electrons. The van der Waals surface area contributed by atoms with Gasteiger partial charge in [-0.2, -0.15) is 0 Å². The highest BCUT2D eigenvalue weighted by molar-refractivity contribution is 5.86. The van der Waals surface area contributed by atoms with E-state index in [4.69, 9.17) is 4.74 Å². The van der Waals surface area contributed by atoms with Crippen molar-refractivity contribution in [3.05, 3.63) is 77.9 Å². The van der Waals surface area contributed by atoms with E-state index in [1.54, 1.807) is 0 Å². The molecule has 0 saturated heterocycles. The second-order valence-electron chi connectivity index (χ2n) is 5.68. The van der Waals surface area contributed by atoms with E-state index in [0.29, 0.717) is 0 Å². The van der Waals surface area contributed by atoms with Gasteiger partial charge < -0.3 is 10.5 Å². The van der Waals surface area contributed by atoms with Gasteiger partial charge in [0.15, 0.2) is 6.10 Å². The quantitative estimate of drug-likeness (QED) is 0.728. The van der Waals surface area contributed by atoms with Crippen LogP contribution in [0.5, 0.6) is 5.75 Å². The maximum absolute atomic E-state index is 6.28. The second kappa shape index (κ2) is 4.90. The fraction of sp³-hybridized carbons (Fsp3) is 0.158. The highest BCUT2D eigenvalue weighted by Gasteiger charge is 2.32. The van der Waals surface area contributed by atoms with Crippen LogP contribution in [0.4, 0.5) is 0 Å². The van der Waals surface area contributed by atoms with Crippen molar-refractivity contribution < 1.29 is 10.5 Å². The van der Waals surface area contributed by atoms with Crippen LogP contribution in [0.2, 0.25) is 0 Å². The first-order valence-electron chi connectivity index (χ1n) is 7.38. The molecule has 0 spiro atoms. The first-order valence-corrected chi connectivity index (χ1v) is 7.38. The Morgan fingerprint density at radius 2 is 1.62 bits per heavy atom. The third kappa shape index (κ3) is 2.08. The molecule has 4 rings (SSSR count). The zero-order valence-electron chi connectivity index (χ0n) is 11.8. The van der Waals surface area contributed by atoms with Gasteiger partial charge in [0.05, 0.1) is 0 Å². The topological polar surface area (TPSA) is 36.9 Å². The largest absolute Gasteiger partial charge is 0.479 e. The predicted molar refractivity (Wildman–Crippen MR) is 84.1 cm³/mol. The summed E-state index contributed by atoms with van der Waals surface area (Å²) in [6.45, 7) is 0. The van der Waals surface area contributed by atoms with E-state index in [1.165, 1.54) is 21.9 Å². The number of rotatable bonds is 1. The number of benzene rings is 3. The molecule has 1 aliphatic heterocycles. The maximum Gasteiger partial charge on any atom is 0.176 e. The molecule has 0 bridgehead atoms. The highest BCUT2D eigenvalue weighted by Crippen LogP contribution is 2.36. The maximum atomic E-state index is 6.28. The molecule has 3 aromatic rings. The zero-order chi connectivity index (χ0) is 14.2. The molecule has 2 nitrogen and oxygen atoms in total. The summed E-state index contributed by atoms with van der Waals surface area (Å²) in [5.74, 6) is 0.996. The van der Waals surface area contributed by atoms with E-state index in [1.807, 2.05) is 6.07 Å². The minimum atomic E-state index is 0.0194. The lowest BCUT2D eigenvalue weighted by Crippen LogP contribution is -2.66. The van der Waals surface area contributed by atoms with Gasteiger partial charge in [0.1, 0.15) is 11.8 Å². The summed E-state index contributed by atoms with van der Waals surface area (Å²) in [4.78, 5) is 0. The Morgan fingerprint density at radius 3 is 2.57 bits per heavy atom. The van der Waals surface area contributed by atoms with E-state index in [0.717, 1.165) is 12.2 Å². The number of quaternary nitrogens is 1. The molecule has 0 fully saturated rings. The summed E-state index contributed by atoms with van der Waals surface area (Å²) in [6.07, 6.45) is 0.982. The molecule has 2 heteroatoms. The third-order valence-electron chi connectivity index (χ3n) is 4.27. The average molecular weight is 276 g/mol. The summed E-state index contributed by atoms with van der Waals surface area (Å²) < 4.78 is 6.28. The summed E-state index contributed by atoms with van der Waals surface area (Å²) in [7, 11) is 0. The van der Waals surface area contributed by atoms with Gasteiger partial charge in [-0.15, -0.1) is 0 Å². The molecule has 0 unspecified atom stereocenters. The van der Waals surface area contributed by atoms with Gasteiger partial charge in [-0.05, 0) is 16.8 Å². The fourth-order valence-corrected chi connectivity index (χ4v) is 3.23. The van der Waals surface area contributed by atoms with Crippen molar-refractivity contribution in [1.82, 2.24) is 0 Å². The highest BCUT2D eigenvalue weighted by atomic mass is 16.5. The predicted octanol–water partition coefficient (Wildman–Crippen LogP) is 3.13. The molecule has 1 aliphatic rings. The van der Waals surface area contributed by atoms with Crippen molar-refractivity contribution in [3.8, 4) is 5.75 Å². The SMILES string of the molecule is [NH3+][C@H]1Cc2ccccc2O[C@H]1c1cccc2ccccc12. The van der Waals surface area contributed by atoms with Gasteiger partial charge in [-0.25, -0.2) is 0 Å². The van der Waals surface area contributed by atoms with Gasteiger partial charge in [0.25, 0.3) is 0 Å². The van der Waals surface area contributed by atoms with Crippen LogP contribution in [0.1, 0.15) is 17.2 Å². The van der Waals surface area contributed by atoms with Crippen molar-refractivity contribution >= 4 is 10.8 Å². The Labute approximate surface area is 124 Å². The smallest absolute Gasteiger partial charge is 0.176 e. The van der Waals surface area contributed by atoms with Crippen molar-refractivity contribution in [2.45, 2.75) is 18.6 Å². The normalized spacial score (nSPS) is 20.8. The Bertz CT molecular complexity index is 791. The van der Waals surface area contributed by atoms with Crippen LogP contribution in [0.25, 0.3) is 10.8 Å². The molecule has 2 atom stereocenters. The molecule has 0 radical (unpaired) electrons. The molecular formula is C19H18NO+. The van der Waals surface area contributed by atoms with Crippen LogP contribution in [-0.4, -0.2) is 6.04 Å². The number of ether oxygens (including phenoxy) is 1. The van der Waals surface area contributed by atoms with E-state index in [9.17, 15) is 0 Å². The van der Waals surface area contributed by atoms with E-state index in [2.05, 4.69) is 66.4 Å². The molecule has 0 amide bonds. The monoisotopic (exact) mass is 276 g/mol. The van der Waals surface area contributed by atoms with Crippen LogP contribution < -0.4 is 10.5 Å². The lowest BCUT2D eigenvalue weighted by Gasteiger charge is -2.30. The van der Waals surface area contributed by atoms with E-state index in [-0.39, 0.29) is 12.1 Å². The Morgan fingerprint density at radius 1 is 0.857 bits per heavy atom. The first kappa shape index (κ1) is 12.4. The molecule has 0 aromatic heterocycles. The van der Waals surface area contributed by atoms with Gasteiger partial charge >= 0.3 is 0 Å². The number of hydrogen-bond donors (Lipinski definition) is 1. The summed E-state index contributed by atoms with van der Waals surface area (Å²) in [6, 6.07) is 23.4. The van der Waals surface area contributed by atoms with Crippen molar-refractivity contribution in [2.75, 3.05) is 0 Å². The lowest BCUT2D eigenvalue weighted by atomic mass is 9.90. The lowest BCUT2D eigenvalue weighted by molar-refractivity contribution is -0.438. The molecule has 0 saturated carbocycles. The van der Waals surface area contributed by atoms with Crippen LogP contribution in [-0.2, 0) is 6.42 Å². The Hall–Kier alpha value is -2.32.